The van der Waals surface area contributed by atoms with Gasteiger partial charge in [0.05, 0.1) is 11.4 Å². The van der Waals surface area contributed by atoms with Gasteiger partial charge in [0.2, 0.25) is 15.0 Å². The van der Waals surface area contributed by atoms with E-state index in [1.807, 2.05) is 18.4 Å². The van der Waals surface area contributed by atoms with E-state index in [-0.39, 0.29) is 17.0 Å². The zero-order valence-electron chi connectivity index (χ0n) is 13.9. The maximum atomic E-state index is 12.9. The molecule has 1 aliphatic rings. The molecule has 0 atom stereocenters. The van der Waals surface area contributed by atoms with Crippen LogP contribution >= 0.6 is 0 Å². The van der Waals surface area contributed by atoms with Gasteiger partial charge in [-0.25, -0.2) is 13.4 Å². The second kappa shape index (κ2) is 6.11. The van der Waals surface area contributed by atoms with Crippen molar-refractivity contribution in [1.29, 1.82) is 0 Å². The summed E-state index contributed by atoms with van der Waals surface area (Å²) in [5.74, 6) is 0.436. The lowest BCUT2D eigenvalue weighted by molar-refractivity contribution is 0.329. The summed E-state index contributed by atoms with van der Waals surface area (Å²) in [5.41, 5.74) is 2.16. The largest absolute Gasteiger partial charge is 0.361 e. The van der Waals surface area contributed by atoms with Crippen molar-refractivity contribution in [2.45, 2.75) is 69.8 Å². The van der Waals surface area contributed by atoms with Gasteiger partial charge < -0.3 is 9.09 Å². The fourth-order valence-electron chi connectivity index (χ4n) is 3.33. The zero-order valence-corrected chi connectivity index (χ0v) is 14.7. The number of sulfone groups is 1. The molecule has 3 rings (SSSR count). The van der Waals surface area contributed by atoms with Crippen LogP contribution in [0.2, 0.25) is 0 Å². The van der Waals surface area contributed by atoms with Crippen molar-refractivity contribution in [2.75, 3.05) is 0 Å². The summed E-state index contributed by atoms with van der Waals surface area (Å²) in [4.78, 5) is 4.38. The molecule has 6 nitrogen and oxygen atoms in total. The highest BCUT2D eigenvalue weighted by Crippen LogP contribution is 2.33. The number of aromatic nitrogens is 3. The summed E-state index contributed by atoms with van der Waals surface area (Å²) in [6.07, 6.45) is 5.54. The SMILES string of the molecule is Cc1cc(CS(=O)(=O)c2nc(C)c(C)n2C2CCCCC2)no1. The lowest BCUT2D eigenvalue weighted by Gasteiger charge is -2.25. The molecule has 0 unspecified atom stereocenters. The van der Waals surface area contributed by atoms with Crippen LogP contribution in [0.5, 0.6) is 0 Å². The molecule has 1 fully saturated rings. The highest BCUT2D eigenvalue weighted by atomic mass is 32.2. The summed E-state index contributed by atoms with van der Waals surface area (Å²) in [5, 5.41) is 3.99. The molecule has 0 aliphatic heterocycles. The van der Waals surface area contributed by atoms with Crippen LogP contribution in [-0.4, -0.2) is 23.1 Å². The van der Waals surface area contributed by atoms with Crippen LogP contribution in [0.1, 0.15) is 61.0 Å². The molecule has 0 amide bonds. The Kier molecular flexibility index (Phi) is 4.31. The number of nitrogens with zero attached hydrogens (tertiary/aromatic N) is 3. The van der Waals surface area contributed by atoms with E-state index >= 15 is 0 Å². The third-order valence-corrected chi connectivity index (χ3v) is 6.11. The lowest BCUT2D eigenvalue weighted by Crippen LogP contribution is -2.20. The molecule has 7 heteroatoms. The van der Waals surface area contributed by atoms with Gasteiger partial charge in [-0.2, -0.15) is 0 Å². The fraction of sp³-hybridized carbons (Fsp3) is 0.625. The molecule has 0 N–H and O–H groups in total. The quantitative estimate of drug-likeness (QED) is 0.855. The number of aryl methyl sites for hydroxylation is 2. The molecule has 0 bridgehead atoms. The van der Waals surface area contributed by atoms with Crippen LogP contribution in [-0.2, 0) is 15.6 Å². The fourth-order valence-corrected chi connectivity index (χ4v) is 4.85. The van der Waals surface area contributed by atoms with Crippen molar-refractivity contribution in [2.24, 2.45) is 0 Å². The van der Waals surface area contributed by atoms with Gasteiger partial charge in [-0.15, -0.1) is 0 Å². The first kappa shape index (κ1) is 16.2. The minimum atomic E-state index is -3.55. The number of imidazole rings is 1. The molecule has 0 spiro atoms. The Bertz CT molecular complexity index is 799. The van der Waals surface area contributed by atoms with E-state index in [9.17, 15) is 8.42 Å². The standard InChI is InChI=1S/C16H23N3O3S/c1-11-9-14(18-22-11)10-23(20,21)16-17-12(2)13(3)19(16)15-7-5-4-6-8-15/h9,15H,4-8,10H2,1-3H3. The highest BCUT2D eigenvalue weighted by molar-refractivity contribution is 7.90. The molecule has 1 aliphatic carbocycles. The summed E-state index contributed by atoms with van der Waals surface area (Å²) in [6.45, 7) is 5.57. The molecule has 2 aromatic heterocycles. The summed E-state index contributed by atoms with van der Waals surface area (Å²) in [7, 11) is -3.55. The maximum Gasteiger partial charge on any atom is 0.228 e. The number of hydrogen-bond donors (Lipinski definition) is 0. The predicted octanol–water partition coefficient (Wildman–Crippen LogP) is 3.28. The topological polar surface area (TPSA) is 78.0 Å². The lowest BCUT2D eigenvalue weighted by atomic mass is 9.95. The molecule has 23 heavy (non-hydrogen) atoms. The first-order valence-electron chi connectivity index (χ1n) is 8.09. The predicted molar refractivity (Wildman–Crippen MR) is 86.0 cm³/mol. The van der Waals surface area contributed by atoms with Crippen LogP contribution in [0.25, 0.3) is 0 Å². The molecule has 1 saturated carbocycles. The van der Waals surface area contributed by atoms with Crippen molar-refractivity contribution in [3.05, 3.63) is 28.9 Å². The van der Waals surface area contributed by atoms with Crippen LogP contribution in [0, 0.1) is 20.8 Å². The van der Waals surface area contributed by atoms with E-state index in [2.05, 4.69) is 10.1 Å². The number of hydrogen-bond acceptors (Lipinski definition) is 5. The molecule has 0 radical (unpaired) electrons. The average molecular weight is 337 g/mol. The Labute approximate surface area is 136 Å². The summed E-state index contributed by atoms with van der Waals surface area (Å²) in [6, 6.07) is 1.89. The molecule has 2 aromatic rings. The third-order valence-electron chi connectivity index (χ3n) is 4.59. The van der Waals surface area contributed by atoms with E-state index in [0.29, 0.717) is 11.5 Å². The van der Waals surface area contributed by atoms with E-state index in [0.717, 1.165) is 37.1 Å². The van der Waals surface area contributed by atoms with Gasteiger partial charge in [0, 0.05) is 17.8 Å². The number of rotatable bonds is 4. The van der Waals surface area contributed by atoms with Gasteiger partial charge in [0.15, 0.2) is 0 Å². The van der Waals surface area contributed by atoms with Crippen LogP contribution in [0.3, 0.4) is 0 Å². The zero-order chi connectivity index (χ0) is 16.6. The van der Waals surface area contributed by atoms with Crippen LogP contribution in [0.4, 0.5) is 0 Å². The summed E-state index contributed by atoms with van der Waals surface area (Å²) >= 11 is 0. The van der Waals surface area contributed by atoms with Crippen molar-refractivity contribution in [3.8, 4) is 0 Å². The monoisotopic (exact) mass is 337 g/mol. The molecule has 0 aromatic carbocycles. The van der Waals surface area contributed by atoms with E-state index < -0.39 is 9.84 Å². The van der Waals surface area contributed by atoms with E-state index in [1.54, 1.807) is 13.0 Å². The Hall–Kier alpha value is -1.63. The second-order valence-corrected chi connectivity index (χ2v) is 8.30. The Morgan fingerprint density at radius 1 is 1.22 bits per heavy atom. The highest BCUT2D eigenvalue weighted by Gasteiger charge is 2.30. The van der Waals surface area contributed by atoms with E-state index in [1.165, 1.54) is 6.42 Å². The van der Waals surface area contributed by atoms with Gasteiger partial charge >= 0.3 is 0 Å². The third kappa shape index (κ3) is 3.20. The maximum absolute atomic E-state index is 12.9. The van der Waals surface area contributed by atoms with Crippen LogP contribution in [0.15, 0.2) is 15.7 Å². The Balaban J connectivity index is 1.99. The molecular formula is C16H23N3O3S. The van der Waals surface area contributed by atoms with E-state index in [4.69, 9.17) is 4.52 Å². The first-order chi connectivity index (χ1) is 10.9. The van der Waals surface area contributed by atoms with Crippen molar-refractivity contribution >= 4 is 9.84 Å². The smallest absolute Gasteiger partial charge is 0.228 e. The molecule has 2 heterocycles. The Morgan fingerprint density at radius 3 is 2.52 bits per heavy atom. The molecule has 0 saturated heterocycles. The van der Waals surface area contributed by atoms with Gasteiger partial charge in [-0.3, -0.25) is 0 Å². The second-order valence-electron chi connectivity index (χ2n) is 6.42. The Morgan fingerprint density at radius 2 is 1.91 bits per heavy atom. The van der Waals surface area contributed by atoms with Crippen molar-refractivity contribution < 1.29 is 12.9 Å². The van der Waals surface area contributed by atoms with Gasteiger partial charge in [0.25, 0.3) is 0 Å². The normalized spacial score (nSPS) is 16.8. The van der Waals surface area contributed by atoms with Crippen molar-refractivity contribution in [3.63, 3.8) is 0 Å². The molecule has 126 valence electrons. The average Bonchev–Trinajstić information content (AvgIpc) is 3.04. The minimum absolute atomic E-state index is 0.174. The van der Waals surface area contributed by atoms with Crippen LogP contribution < -0.4 is 0 Å². The van der Waals surface area contributed by atoms with Gasteiger partial charge in [-0.05, 0) is 33.6 Å². The minimum Gasteiger partial charge on any atom is -0.361 e. The first-order valence-corrected chi connectivity index (χ1v) is 9.74. The van der Waals surface area contributed by atoms with Gasteiger partial charge in [-0.1, -0.05) is 24.4 Å². The summed E-state index contributed by atoms with van der Waals surface area (Å²) < 4.78 is 32.7. The van der Waals surface area contributed by atoms with Gasteiger partial charge in [0.1, 0.15) is 11.5 Å². The van der Waals surface area contributed by atoms with Crippen molar-refractivity contribution in [1.82, 2.24) is 14.7 Å². The molecular weight excluding hydrogens is 314 g/mol.